The Labute approximate surface area is 331 Å². The summed E-state index contributed by atoms with van der Waals surface area (Å²) in [4.78, 5) is 67.3. The third-order valence-corrected chi connectivity index (χ3v) is 11.8. The summed E-state index contributed by atoms with van der Waals surface area (Å²) < 4.78 is 1.78. The van der Waals surface area contributed by atoms with E-state index < -0.39 is 29.7 Å². The molecular weight excluding hydrogens is 721 g/mol. The highest BCUT2D eigenvalue weighted by atomic mass is 16.2. The second-order valence-corrected chi connectivity index (χ2v) is 15.6. The molecule has 0 saturated carbocycles. The molecule has 3 aromatic carbocycles. The lowest BCUT2D eigenvalue weighted by molar-refractivity contribution is -0.144. The number of amides is 4. The Bertz CT molecular complexity index is 2410. The summed E-state index contributed by atoms with van der Waals surface area (Å²) in [5, 5.41) is 12.5. The topological polar surface area (TPSA) is 149 Å². The number of nitrogens with zero attached hydrogens (tertiary/aromatic N) is 8. The van der Waals surface area contributed by atoms with E-state index in [0.717, 1.165) is 107 Å². The van der Waals surface area contributed by atoms with Crippen molar-refractivity contribution in [2.24, 2.45) is 13.0 Å². The van der Waals surface area contributed by atoms with Crippen molar-refractivity contribution in [1.82, 2.24) is 34.4 Å². The molecule has 3 aliphatic rings. The number of imide groups is 2. The molecular formula is C43H48N10O4. The van der Waals surface area contributed by atoms with E-state index in [2.05, 4.69) is 69.6 Å². The fourth-order valence-corrected chi connectivity index (χ4v) is 8.38. The number of piperidine rings is 1. The molecule has 0 bridgehead atoms. The van der Waals surface area contributed by atoms with E-state index in [-0.39, 0.29) is 5.56 Å². The van der Waals surface area contributed by atoms with E-state index in [1.165, 1.54) is 32.0 Å². The molecule has 1 saturated heterocycles. The van der Waals surface area contributed by atoms with Crippen LogP contribution in [0.4, 0.5) is 28.8 Å². The van der Waals surface area contributed by atoms with Crippen molar-refractivity contribution in [3.8, 4) is 0 Å². The minimum atomic E-state index is -1.09. The monoisotopic (exact) mass is 768 g/mol. The van der Waals surface area contributed by atoms with Crippen LogP contribution in [0.5, 0.6) is 0 Å². The van der Waals surface area contributed by atoms with E-state index in [4.69, 9.17) is 10.1 Å². The molecule has 0 aliphatic carbocycles. The third kappa shape index (κ3) is 7.21. The Morgan fingerprint density at radius 3 is 2.40 bits per heavy atom. The van der Waals surface area contributed by atoms with Gasteiger partial charge in [0.05, 0.1) is 16.5 Å². The first-order chi connectivity index (χ1) is 27.4. The zero-order chi connectivity index (χ0) is 40.1. The number of anilines is 5. The number of hydrogen-bond donors (Lipinski definition) is 2. The Balaban J connectivity index is 0.873. The standard InChI is InChI=1S/C43H48N10O4/c1-25-8-7-9-26(2)37(25)46-38-36-22-44-43(47-39(36)50(6)48-38)45-32-11-10-30-16-17-51(24-31(30)20-32)23-29-14-18-52(19-15-29)33-12-13-34-35(21-33)42(57)53(41(34)56)27(3)40(55)49(5)28(4)54/h7-13,20-22,27,29H,14-19,23-24H2,1-6H3,(H,46,48)(H,44,45,47). The van der Waals surface area contributed by atoms with E-state index in [1.807, 2.05) is 25.4 Å². The van der Waals surface area contributed by atoms with Gasteiger partial charge in [-0.2, -0.15) is 10.1 Å². The van der Waals surface area contributed by atoms with Crippen LogP contribution in [0.1, 0.15) is 69.7 Å². The van der Waals surface area contributed by atoms with Crippen LogP contribution in [0.25, 0.3) is 11.0 Å². The number of carbonyl (C=O) groups is 4. The smallest absolute Gasteiger partial charge is 0.262 e. The van der Waals surface area contributed by atoms with Crippen molar-refractivity contribution >= 4 is 63.5 Å². The molecule has 14 heteroatoms. The summed E-state index contributed by atoms with van der Waals surface area (Å²) in [7, 11) is 3.24. The first-order valence-electron chi connectivity index (χ1n) is 19.6. The van der Waals surface area contributed by atoms with Gasteiger partial charge in [-0.05, 0) is 98.5 Å². The molecule has 5 aromatic rings. The molecule has 0 radical (unpaired) electrons. The lowest BCUT2D eigenvalue weighted by Gasteiger charge is -2.37. The highest BCUT2D eigenvalue weighted by Crippen LogP contribution is 2.33. The summed E-state index contributed by atoms with van der Waals surface area (Å²) in [6, 6.07) is 17.0. The van der Waals surface area contributed by atoms with Crippen molar-refractivity contribution in [2.45, 2.75) is 59.5 Å². The fourth-order valence-electron chi connectivity index (χ4n) is 8.38. The SMILES string of the molecule is CC(=O)N(C)C(=O)C(C)N1C(=O)c2ccc(N3CCC(CN4CCc5ccc(Nc6ncc7c(Nc8c(C)cccc8C)nn(C)c7n6)cc5C4)CC3)cc2C1=O. The average Bonchev–Trinajstić information content (AvgIpc) is 3.65. The van der Waals surface area contributed by atoms with Gasteiger partial charge < -0.3 is 15.5 Å². The Morgan fingerprint density at radius 2 is 1.67 bits per heavy atom. The quantitative estimate of drug-likeness (QED) is 0.177. The molecule has 5 heterocycles. The molecule has 294 valence electrons. The lowest BCUT2D eigenvalue weighted by atomic mass is 9.93. The summed E-state index contributed by atoms with van der Waals surface area (Å²) in [5.41, 5.74) is 9.16. The van der Waals surface area contributed by atoms with Crippen molar-refractivity contribution in [3.63, 3.8) is 0 Å². The largest absolute Gasteiger partial charge is 0.371 e. The van der Waals surface area contributed by atoms with Gasteiger partial charge in [-0.3, -0.25) is 33.9 Å². The predicted octanol–water partition coefficient (Wildman–Crippen LogP) is 5.73. The highest BCUT2D eigenvalue weighted by Gasteiger charge is 2.42. The van der Waals surface area contributed by atoms with Crippen molar-refractivity contribution in [2.75, 3.05) is 48.8 Å². The van der Waals surface area contributed by atoms with Crippen LogP contribution in [-0.2, 0) is 29.6 Å². The van der Waals surface area contributed by atoms with Crippen LogP contribution in [-0.4, -0.2) is 97.3 Å². The van der Waals surface area contributed by atoms with Gasteiger partial charge >= 0.3 is 0 Å². The number of aryl methyl sites for hydroxylation is 3. The third-order valence-electron chi connectivity index (χ3n) is 11.8. The van der Waals surface area contributed by atoms with Crippen molar-refractivity contribution in [1.29, 1.82) is 0 Å². The minimum absolute atomic E-state index is 0.283. The zero-order valence-electron chi connectivity index (χ0n) is 33.3. The van der Waals surface area contributed by atoms with Crippen LogP contribution in [0.3, 0.4) is 0 Å². The number of benzene rings is 3. The molecule has 3 aliphatic heterocycles. The summed E-state index contributed by atoms with van der Waals surface area (Å²) in [6.45, 7) is 11.5. The van der Waals surface area contributed by atoms with E-state index in [1.54, 1.807) is 16.8 Å². The molecule has 57 heavy (non-hydrogen) atoms. The average molecular weight is 769 g/mol. The molecule has 2 aromatic heterocycles. The first-order valence-corrected chi connectivity index (χ1v) is 19.6. The van der Waals surface area contributed by atoms with Crippen LogP contribution in [0.2, 0.25) is 0 Å². The van der Waals surface area contributed by atoms with Crippen molar-refractivity contribution < 1.29 is 19.2 Å². The maximum atomic E-state index is 13.4. The van der Waals surface area contributed by atoms with Crippen LogP contribution in [0, 0.1) is 19.8 Å². The summed E-state index contributed by atoms with van der Waals surface area (Å²) in [6.07, 6.45) is 4.84. The molecule has 4 amide bonds. The number of carbonyl (C=O) groups excluding carboxylic acids is 4. The van der Waals surface area contributed by atoms with Crippen LogP contribution >= 0.6 is 0 Å². The van der Waals surface area contributed by atoms with E-state index >= 15 is 0 Å². The first kappa shape index (κ1) is 37.8. The lowest BCUT2D eigenvalue weighted by Crippen LogP contribution is -2.49. The van der Waals surface area contributed by atoms with Gasteiger partial charge in [0.25, 0.3) is 17.7 Å². The molecule has 1 unspecified atom stereocenters. The molecule has 8 rings (SSSR count). The van der Waals surface area contributed by atoms with Crippen LogP contribution in [0.15, 0.2) is 60.8 Å². The number of fused-ring (bicyclic) bond motifs is 3. The number of para-hydroxylation sites is 1. The minimum Gasteiger partial charge on any atom is -0.371 e. The van der Waals surface area contributed by atoms with Gasteiger partial charge in [0, 0.05) is 77.0 Å². The number of hydrogen-bond acceptors (Lipinski definition) is 11. The second-order valence-electron chi connectivity index (χ2n) is 15.6. The zero-order valence-corrected chi connectivity index (χ0v) is 33.3. The fraction of sp³-hybridized carbons (Fsp3) is 0.372. The van der Waals surface area contributed by atoms with Gasteiger partial charge in [0.2, 0.25) is 11.9 Å². The molecule has 1 fully saturated rings. The normalized spacial score (nSPS) is 16.5. The van der Waals surface area contributed by atoms with Gasteiger partial charge in [0.15, 0.2) is 11.5 Å². The molecule has 2 N–H and O–H groups in total. The Hall–Kier alpha value is -6.15. The van der Waals surface area contributed by atoms with Gasteiger partial charge in [-0.1, -0.05) is 24.3 Å². The van der Waals surface area contributed by atoms with Crippen molar-refractivity contribution in [3.05, 3.63) is 94.2 Å². The van der Waals surface area contributed by atoms with Gasteiger partial charge in [0.1, 0.15) is 6.04 Å². The molecule has 14 nitrogen and oxygen atoms in total. The second kappa shape index (κ2) is 15.1. The maximum Gasteiger partial charge on any atom is 0.262 e. The highest BCUT2D eigenvalue weighted by molar-refractivity contribution is 6.23. The number of nitrogens with one attached hydrogen (secondary N) is 2. The number of aromatic nitrogens is 4. The Kier molecular flexibility index (Phi) is 9.98. The Morgan fingerprint density at radius 1 is 0.930 bits per heavy atom. The summed E-state index contributed by atoms with van der Waals surface area (Å²) >= 11 is 0. The molecule has 1 atom stereocenters. The van der Waals surface area contributed by atoms with E-state index in [0.29, 0.717) is 17.4 Å². The van der Waals surface area contributed by atoms with Crippen LogP contribution < -0.4 is 15.5 Å². The number of likely N-dealkylation sites (N-methyl/N-ethyl adjacent to an activating group) is 1. The predicted molar refractivity (Wildman–Crippen MR) is 219 cm³/mol. The van der Waals surface area contributed by atoms with Gasteiger partial charge in [-0.15, -0.1) is 0 Å². The van der Waals surface area contributed by atoms with E-state index in [9.17, 15) is 19.2 Å². The maximum absolute atomic E-state index is 13.4. The summed E-state index contributed by atoms with van der Waals surface area (Å²) in [5.74, 6) is -0.297. The molecule has 0 spiro atoms. The van der Waals surface area contributed by atoms with Gasteiger partial charge in [-0.25, -0.2) is 9.67 Å². The number of rotatable bonds is 9.